The van der Waals surface area contributed by atoms with Crippen molar-refractivity contribution < 1.29 is 23.9 Å². The van der Waals surface area contributed by atoms with E-state index in [2.05, 4.69) is 0 Å². The molecule has 4 N–H and O–H groups in total. The van der Waals surface area contributed by atoms with Crippen molar-refractivity contribution in [1.29, 1.82) is 0 Å². The predicted octanol–water partition coefficient (Wildman–Crippen LogP) is 0.537. The van der Waals surface area contributed by atoms with E-state index in [9.17, 15) is 18.8 Å². The van der Waals surface area contributed by atoms with Gasteiger partial charge in [0.25, 0.3) is 5.91 Å². The first kappa shape index (κ1) is 14.9. The second kappa shape index (κ2) is 6.14. The fourth-order valence-electron chi connectivity index (χ4n) is 1.35. The Balaban J connectivity index is 2.94. The monoisotopic (exact) mass is 288 g/mol. The zero-order chi connectivity index (χ0) is 14.6. The largest absolute Gasteiger partial charge is 0.480 e. The number of carbonyl (C=O) groups is 3. The number of hydrogen-bond acceptors (Lipinski definition) is 3. The Morgan fingerprint density at radius 3 is 2.53 bits per heavy atom. The molecule has 19 heavy (non-hydrogen) atoms. The maximum absolute atomic E-state index is 13.4. The third-order valence-electron chi connectivity index (χ3n) is 2.20. The van der Waals surface area contributed by atoms with Crippen LogP contribution in [-0.2, 0) is 9.59 Å². The zero-order valence-corrected chi connectivity index (χ0v) is 10.3. The molecule has 0 fully saturated rings. The number of amides is 2. The number of carbonyl (C=O) groups excluding carboxylic acids is 2. The highest BCUT2D eigenvalue weighted by atomic mass is 35.5. The average molecular weight is 289 g/mol. The van der Waals surface area contributed by atoms with Gasteiger partial charge >= 0.3 is 5.97 Å². The minimum absolute atomic E-state index is 0.166. The number of nitrogens with two attached hydrogens (primary N) is 1. The number of carboxylic acid groups (broad SMARTS) is 1. The maximum atomic E-state index is 13.4. The second-order valence-corrected chi connectivity index (χ2v) is 4.04. The van der Waals surface area contributed by atoms with E-state index in [4.69, 9.17) is 22.4 Å². The van der Waals surface area contributed by atoms with Crippen LogP contribution >= 0.6 is 11.6 Å². The van der Waals surface area contributed by atoms with Crippen LogP contribution in [0.1, 0.15) is 16.8 Å². The molecule has 102 valence electrons. The molecule has 1 rings (SSSR count). The van der Waals surface area contributed by atoms with Crippen LogP contribution in [0.4, 0.5) is 4.39 Å². The van der Waals surface area contributed by atoms with E-state index < -0.39 is 41.6 Å². The summed E-state index contributed by atoms with van der Waals surface area (Å²) >= 11 is 5.65. The molecule has 0 radical (unpaired) electrons. The van der Waals surface area contributed by atoms with E-state index in [-0.39, 0.29) is 5.02 Å². The Morgan fingerprint density at radius 1 is 1.42 bits per heavy atom. The van der Waals surface area contributed by atoms with Gasteiger partial charge in [0.2, 0.25) is 5.91 Å². The van der Waals surface area contributed by atoms with Crippen LogP contribution in [0.15, 0.2) is 18.2 Å². The normalized spacial score (nSPS) is 11.7. The molecule has 6 nitrogen and oxygen atoms in total. The van der Waals surface area contributed by atoms with Crippen LogP contribution in [0, 0.1) is 5.82 Å². The predicted molar refractivity (Wildman–Crippen MR) is 64.1 cm³/mol. The van der Waals surface area contributed by atoms with Gasteiger partial charge in [-0.15, -0.1) is 0 Å². The molecule has 0 bridgehead atoms. The van der Waals surface area contributed by atoms with Crippen molar-refractivity contribution in [2.45, 2.75) is 12.5 Å². The quantitative estimate of drug-likeness (QED) is 0.734. The Hall–Kier alpha value is -2.15. The van der Waals surface area contributed by atoms with Gasteiger partial charge in [-0.25, -0.2) is 9.18 Å². The first-order chi connectivity index (χ1) is 8.82. The fraction of sp³-hybridized carbons (Fsp3) is 0.182. The third-order valence-corrected chi connectivity index (χ3v) is 2.51. The number of halogens is 2. The highest BCUT2D eigenvalue weighted by Crippen LogP contribution is 2.18. The Morgan fingerprint density at radius 2 is 2.05 bits per heavy atom. The van der Waals surface area contributed by atoms with Gasteiger partial charge in [-0.05, 0) is 12.1 Å². The van der Waals surface area contributed by atoms with Gasteiger partial charge in [-0.3, -0.25) is 9.59 Å². The summed E-state index contributed by atoms with van der Waals surface area (Å²) < 4.78 is 13.4. The van der Waals surface area contributed by atoms with Gasteiger partial charge in [0.15, 0.2) is 0 Å². The van der Waals surface area contributed by atoms with Gasteiger partial charge < -0.3 is 16.2 Å². The summed E-state index contributed by atoms with van der Waals surface area (Å²) in [4.78, 5) is 33.2. The number of primary amides is 1. The van der Waals surface area contributed by atoms with Gasteiger partial charge in [0, 0.05) is 0 Å². The number of nitrogens with one attached hydrogen (secondary N) is 1. The molecule has 0 heterocycles. The van der Waals surface area contributed by atoms with E-state index in [0.29, 0.717) is 0 Å². The van der Waals surface area contributed by atoms with Crippen molar-refractivity contribution in [2.24, 2.45) is 5.73 Å². The van der Waals surface area contributed by atoms with Gasteiger partial charge in [-0.2, -0.15) is 0 Å². The molecule has 1 aromatic rings. The summed E-state index contributed by atoms with van der Waals surface area (Å²) in [5, 5.41) is 10.6. The van der Waals surface area contributed by atoms with Crippen molar-refractivity contribution in [2.75, 3.05) is 0 Å². The van der Waals surface area contributed by atoms with E-state index in [1.165, 1.54) is 12.1 Å². The van der Waals surface area contributed by atoms with Crippen molar-refractivity contribution >= 4 is 29.4 Å². The molecule has 0 saturated carbocycles. The minimum Gasteiger partial charge on any atom is -0.480 e. The molecule has 0 unspecified atom stereocenters. The van der Waals surface area contributed by atoms with Crippen LogP contribution in [0.25, 0.3) is 0 Å². The molecule has 8 heteroatoms. The van der Waals surface area contributed by atoms with Gasteiger partial charge in [0.05, 0.1) is 17.0 Å². The van der Waals surface area contributed by atoms with E-state index in [1.54, 1.807) is 0 Å². The van der Waals surface area contributed by atoms with Crippen molar-refractivity contribution in [3.8, 4) is 0 Å². The smallest absolute Gasteiger partial charge is 0.326 e. The molecule has 0 aliphatic rings. The molecule has 1 atom stereocenters. The second-order valence-electron chi connectivity index (χ2n) is 3.63. The number of benzene rings is 1. The highest BCUT2D eigenvalue weighted by Gasteiger charge is 2.25. The zero-order valence-electron chi connectivity index (χ0n) is 9.52. The molecular weight excluding hydrogens is 279 g/mol. The summed E-state index contributed by atoms with van der Waals surface area (Å²) in [5.41, 5.74) is 4.37. The van der Waals surface area contributed by atoms with Crippen LogP contribution in [-0.4, -0.2) is 28.9 Å². The molecule has 0 saturated heterocycles. The topological polar surface area (TPSA) is 109 Å². The Labute approximate surface area is 112 Å². The number of rotatable bonds is 5. The number of aliphatic carboxylic acids is 1. The van der Waals surface area contributed by atoms with E-state index >= 15 is 0 Å². The fourth-order valence-corrected chi connectivity index (χ4v) is 1.60. The summed E-state index contributed by atoms with van der Waals surface area (Å²) in [6.07, 6.45) is -0.604. The lowest BCUT2D eigenvalue weighted by Crippen LogP contribution is -2.43. The maximum Gasteiger partial charge on any atom is 0.326 e. The van der Waals surface area contributed by atoms with Crippen LogP contribution in [0.5, 0.6) is 0 Å². The average Bonchev–Trinajstić information content (AvgIpc) is 2.27. The van der Waals surface area contributed by atoms with Crippen molar-refractivity contribution in [3.05, 3.63) is 34.6 Å². The summed E-state index contributed by atoms with van der Waals surface area (Å²) in [5.74, 6) is -4.29. The third kappa shape index (κ3) is 3.92. The van der Waals surface area contributed by atoms with Crippen LogP contribution in [0.2, 0.25) is 5.02 Å². The minimum atomic E-state index is -1.54. The Bertz CT molecular complexity index is 515. The lowest BCUT2D eigenvalue weighted by Gasteiger charge is -2.13. The van der Waals surface area contributed by atoms with Gasteiger partial charge in [-0.1, -0.05) is 17.7 Å². The molecule has 0 spiro atoms. The summed E-state index contributed by atoms with van der Waals surface area (Å²) in [7, 11) is 0. The van der Waals surface area contributed by atoms with E-state index in [1.807, 2.05) is 5.32 Å². The SMILES string of the molecule is NC(=O)C[C@H](NC(=O)c1c(F)cccc1Cl)C(=O)O. The molecule has 0 aliphatic heterocycles. The Kier molecular flexibility index (Phi) is 4.82. The number of hydrogen-bond donors (Lipinski definition) is 3. The molecule has 0 aliphatic carbocycles. The molecular formula is C11H10ClFN2O4. The van der Waals surface area contributed by atoms with Crippen molar-refractivity contribution in [3.63, 3.8) is 0 Å². The van der Waals surface area contributed by atoms with Crippen LogP contribution < -0.4 is 11.1 Å². The molecule has 0 aromatic heterocycles. The standard InChI is InChI=1S/C11H10ClFN2O4/c12-5-2-1-3-6(13)9(5)10(17)15-7(11(18)19)4-8(14)16/h1-3,7H,4H2,(H2,14,16)(H,15,17)(H,18,19)/t7-/m0/s1. The molecule has 1 aromatic carbocycles. The molecule has 2 amide bonds. The highest BCUT2D eigenvalue weighted by molar-refractivity contribution is 6.33. The first-order valence-electron chi connectivity index (χ1n) is 5.09. The first-order valence-corrected chi connectivity index (χ1v) is 5.46. The lowest BCUT2D eigenvalue weighted by molar-refractivity contribution is -0.140. The van der Waals surface area contributed by atoms with Crippen LogP contribution in [0.3, 0.4) is 0 Å². The summed E-state index contributed by atoms with van der Waals surface area (Å²) in [6, 6.07) is 2.04. The number of carboxylic acids is 1. The van der Waals surface area contributed by atoms with Gasteiger partial charge in [0.1, 0.15) is 11.9 Å². The summed E-state index contributed by atoms with van der Waals surface area (Å²) in [6.45, 7) is 0. The van der Waals surface area contributed by atoms with E-state index in [0.717, 1.165) is 6.07 Å². The lowest BCUT2D eigenvalue weighted by atomic mass is 10.1. The van der Waals surface area contributed by atoms with Crippen molar-refractivity contribution in [1.82, 2.24) is 5.32 Å².